The van der Waals surface area contributed by atoms with Gasteiger partial charge in [-0.2, -0.15) is 5.26 Å². The van der Waals surface area contributed by atoms with Crippen LogP contribution in [0.4, 0.5) is 0 Å². The molecule has 2 aliphatic carbocycles. The van der Waals surface area contributed by atoms with Crippen molar-refractivity contribution in [3.8, 4) is 51.4 Å². The molecule has 4 atom stereocenters. The van der Waals surface area contributed by atoms with Crippen molar-refractivity contribution in [2.45, 2.75) is 51.4 Å². The Hall–Kier alpha value is -5.60. The Kier molecular flexibility index (Phi) is 7.35. The fourth-order valence-corrected chi connectivity index (χ4v) is 9.31. The SMILES string of the molecule is C[C@@H]1CC2C[C@H](C)CC(c3ccc(-c4cc(-c5nc(-c6ccccc6)nc(-c6ccc(C#N)cc6)n5)c5c(c4)oc4ccccc45)cc3)(C2)C1. The van der Waals surface area contributed by atoms with Gasteiger partial charge in [-0.05, 0) is 114 Å². The second-order valence-corrected chi connectivity index (χ2v) is 14.9. The Labute approximate surface area is 292 Å². The van der Waals surface area contributed by atoms with Crippen LogP contribution in [0, 0.1) is 29.1 Å². The van der Waals surface area contributed by atoms with Crippen LogP contribution in [0.1, 0.15) is 57.1 Å². The van der Waals surface area contributed by atoms with Crippen LogP contribution in [0.15, 0.2) is 120 Å². The summed E-state index contributed by atoms with van der Waals surface area (Å²) in [6.07, 6.45) is 6.64. The molecule has 2 bridgehead atoms. The molecule has 0 saturated heterocycles. The van der Waals surface area contributed by atoms with Crippen LogP contribution in [0.3, 0.4) is 0 Å². The molecule has 2 unspecified atom stereocenters. The van der Waals surface area contributed by atoms with E-state index in [1.807, 2.05) is 60.7 Å². The number of fused-ring (bicyclic) bond motifs is 5. The number of para-hydroxylation sites is 1. The first-order valence-corrected chi connectivity index (χ1v) is 17.8. The number of rotatable bonds is 5. The number of hydrogen-bond acceptors (Lipinski definition) is 5. The first-order valence-electron chi connectivity index (χ1n) is 17.8. The molecule has 0 N–H and O–H groups in total. The third kappa shape index (κ3) is 5.36. The standard InChI is InChI=1S/C45H38N4O/c1-28-20-31-21-29(2)25-45(24-28,26-31)36-18-16-32(17-19-36)35-22-38(41-37-10-6-7-11-39(37)50-40(41)23-35)44-48-42(33-8-4-3-5-9-33)47-43(49-44)34-14-12-30(27-46)13-15-34/h3-19,22-23,28-29,31H,20-21,24-26H2,1-2H3/t28-,29+,31?,45?. The van der Waals surface area contributed by atoms with Crippen molar-refractivity contribution in [3.05, 3.63) is 126 Å². The highest BCUT2D eigenvalue weighted by Crippen LogP contribution is 2.54. The van der Waals surface area contributed by atoms with Crippen molar-refractivity contribution in [2.24, 2.45) is 17.8 Å². The largest absolute Gasteiger partial charge is 0.456 e. The Balaban J connectivity index is 1.21. The molecular weight excluding hydrogens is 613 g/mol. The van der Waals surface area contributed by atoms with Crippen molar-refractivity contribution in [3.63, 3.8) is 0 Å². The van der Waals surface area contributed by atoms with Crippen LogP contribution < -0.4 is 0 Å². The highest BCUT2D eigenvalue weighted by molar-refractivity contribution is 6.13. The van der Waals surface area contributed by atoms with Gasteiger partial charge in [0.05, 0.1) is 11.6 Å². The Bertz CT molecular complexity index is 2380. The lowest BCUT2D eigenvalue weighted by molar-refractivity contribution is 0.0780. The van der Waals surface area contributed by atoms with E-state index in [1.54, 1.807) is 12.1 Å². The van der Waals surface area contributed by atoms with E-state index >= 15 is 0 Å². The summed E-state index contributed by atoms with van der Waals surface area (Å²) < 4.78 is 6.53. The van der Waals surface area contributed by atoms with E-state index in [0.29, 0.717) is 23.0 Å². The van der Waals surface area contributed by atoms with E-state index in [2.05, 4.69) is 62.4 Å². The molecule has 0 radical (unpaired) electrons. The average molecular weight is 651 g/mol. The van der Waals surface area contributed by atoms with Crippen molar-refractivity contribution < 1.29 is 4.42 Å². The fraction of sp³-hybridized carbons (Fsp3) is 0.244. The summed E-state index contributed by atoms with van der Waals surface area (Å²) in [5, 5.41) is 11.4. The second kappa shape index (κ2) is 12.1. The summed E-state index contributed by atoms with van der Waals surface area (Å²) in [6, 6.07) is 41.5. The molecule has 2 fully saturated rings. The molecule has 2 heterocycles. The Morgan fingerprint density at radius 2 is 1.24 bits per heavy atom. The number of nitriles is 1. The molecule has 244 valence electrons. The van der Waals surface area contributed by atoms with Crippen molar-refractivity contribution in [2.75, 3.05) is 0 Å². The molecular formula is C45H38N4O. The molecule has 5 aromatic carbocycles. The van der Waals surface area contributed by atoms with E-state index in [1.165, 1.54) is 37.7 Å². The number of hydrogen-bond donors (Lipinski definition) is 0. The zero-order valence-electron chi connectivity index (χ0n) is 28.4. The summed E-state index contributed by atoms with van der Waals surface area (Å²) in [7, 11) is 0. The quantitative estimate of drug-likeness (QED) is 0.185. The molecule has 5 heteroatoms. The van der Waals surface area contributed by atoms with E-state index in [4.69, 9.17) is 19.4 Å². The monoisotopic (exact) mass is 650 g/mol. The van der Waals surface area contributed by atoms with E-state index in [0.717, 1.165) is 67.5 Å². The zero-order chi connectivity index (χ0) is 33.8. The normalized spacial score (nSPS) is 21.7. The van der Waals surface area contributed by atoms with Gasteiger partial charge in [0, 0.05) is 27.5 Å². The number of benzene rings is 5. The Morgan fingerprint density at radius 3 is 1.94 bits per heavy atom. The lowest BCUT2D eigenvalue weighted by Gasteiger charge is -2.50. The van der Waals surface area contributed by atoms with Gasteiger partial charge in [0.1, 0.15) is 11.2 Å². The zero-order valence-corrected chi connectivity index (χ0v) is 28.4. The molecule has 0 spiro atoms. The maximum Gasteiger partial charge on any atom is 0.164 e. The highest BCUT2D eigenvalue weighted by atomic mass is 16.3. The van der Waals surface area contributed by atoms with Crippen molar-refractivity contribution >= 4 is 21.9 Å². The van der Waals surface area contributed by atoms with Crippen LogP contribution >= 0.6 is 0 Å². The van der Waals surface area contributed by atoms with Gasteiger partial charge in [0.15, 0.2) is 17.5 Å². The predicted molar refractivity (Wildman–Crippen MR) is 200 cm³/mol. The molecule has 9 rings (SSSR count). The van der Waals surface area contributed by atoms with Crippen LogP contribution in [-0.4, -0.2) is 15.0 Å². The summed E-state index contributed by atoms with van der Waals surface area (Å²) in [4.78, 5) is 15.1. The second-order valence-electron chi connectivity index (χ2n) is 14.9. The molecule has 2 saturated carbocycles. The van der Waals surface area contributed by atoms with Gasteiger partial charge < -0.3 is 4.42 Å². The van der Waals surface area contributed by atoms with Gasteiger partial charge in [0.2, 0.25) is 0 Å². The molecule has 50 heavy (non-hydrogen) atoms. The summed E-state index contributed by atoms with van der Waals surface area (Å²) >= 11 is 0. The van der Waals surface area contributed by atoms with Gasteiger partial charge >= 0.3 is 0 Å². The third-order valence-corrected chi connectivity index (χ3v) is 11.1. The highest BCUT2D eigenvalue weighted by Gasteiger charge is 2.45. The van der Waals surface area contributed by atoms with Crippen LogP contribution in [0.5, 0.6) is 0 Å². The predicted octanol–water partition coefficient (Wildman–Crippen LogP) is 11.4. The topological polar surface area (TPSA) is 75.6 Å². The molecule has 7 aromatic rings. The van der Waals surface area contributed by atoms with Crippen LogP contribution in [0.25, 0.3) is 67.2 Å². The number of furan rings is 1. The maximum absolute atomic E-state index is 9.41. The smallest absolute Gasteiger partial charge is 0.164 e. The minimum absolute atomic E-state index is 0.285. The van der Waals surface area contributed by atoms with Gasteiger partial charge in [0.25, 0.3) is 0 Å². The molecule has 5 nitrogen and oxygen atoms in total. The van der Waals surface area contributed by atoms with Crippen LogP contribution in [-0.2, 0) is 5.41 Å². The lowest BCUT2D eigenvalue weighted by atomic mass is 9.54. The first-order chi connectivity index (χ1) is 24.4. The molecule has 0 amide bonds. The van der Waals surface area contributed by atoms with Gasteiger partial charge in [-0.25, -0.2) is 15.0 Å². The minimum atomic E-state index is 0.285. The van der Waals surface area contributed by atoms with Gasteiger partial charge in [-0.3, -0.25) is 0 Å². The van der Waals surface area contributed by atoms with Gasteiger partial charge in [-0.1, -0.05) is 86.6 Å². The summed E-state index contributed by atoms with van der Waals surface area (Å²) in [5.41, 5.74) is 8.81. The van der Waals surface area contributed by atoms with Crippen LogP contribution in [0.2, 0.25) is 0 Å². The van der Waals surface area contributed by atoms with E-state index in [9.17, 15) is 5.26 Å². The van der Waals surface area contributed by atoms with Gasteiger partial charge in [-0.15, -0.1) is 0 Å². The van der Waals surface area contributed by atoms with E-state index in [-0.39, 0.29) is 5.41 Å². The summed E-state index contributed by atoms with van der Waals surface area (Å²) in [6.45, 7) is 4.90. The number of aromatic nitrogens is 3. The lowest BCUT2D eigenvalue weighted by Crippen LogP contribution is -2.42. The Morgan fingerprint density at radius 1 is 0.620 bits per heavy atom. The average Bonchev–Trinajstić information content (AvgIpc) is 3.53. The van der Waals surface area contributed by atoms with E-state index < -0.39 is 0 Å². The third-order valence-electron chi connectivity index (χ3n) is 11.1. The minimum Gasteiger partial charge on any atom is -0.456 e. The first kappa shape index (κ1) is 30.5. The maximum atomic E-state index is 9.41. The fourth-order valence-electron chi connectivity index (χ4n) is 9.31. The molecule has 2 aliphatic rings. The number of nitrogens with zero attached hydrogens (tertiary/aromatic N) is 4. The molecule has 0 aliphatic heterocycles. The van der Waals surface area contributed by atoms with Crippen molar-refractivity contribution in [1.29, 1.82) is 5.26 Å². The van der Waals surface area contributed by atoms with Crippen molar-refractivity contribution in [1.82, 2.24) is 15.0 Å². The summed E-state index contributed by atoms with van der Waals surface area (Å²) in [5.74, 6) is 4.10. The molecule has 2 aromatic heterocycles.